The van der Waals surface area contributed by atoms with Crippen LogP contribution in [0.25, 0.3) is 6.08 Å². The van der Waals surface area contributed by atoms with Crippen LogP contribution in [0.1, 0.15) is 16.7 Å². The van der Waals surface area contributed by atoms with Crippen molar-refractivity contribution in [3.8, 4) is 5.75 Å². The second-order valence-electron chi connectivity index (χ2n) is 8.77. The first-order valence-electron chi connectivity index (χ1n) is 11.5. The number of aryl methyl sites for hydroxylation is 2. The second kappa shape index (κ2) is 11.4. The van der Waals surface area contributed by atoms with E-state index in [1.807, 2.05) is 75.3 Å². The lowest BCUT2D eigenvalue weighted by Gasteiger charge is -2.17. The molecule has 0 spiro atoms. The van der Waals surface area contributed by atoms with Crippen molar-refractivity contribution >= 4 is 74.9 Å². The average molecular weight is 552 g/mol. The van der Waals surface area contributed by atoms with Gasteiger partial charge in [0.1, 0.15) is 5.75 Å². The third-order valence-corrected chi connectivity index (χ3v) is 7.28. The quantitative estimate of drug-likeness (QED) is 0.269. The van der Waals surface area contributed by atoms with Gasteiger partial charge in [0.2, 0.25) is 0 Å². The van der Waals surface area contributed by atoms with Gasteiger partial charge in [-0.15, -0.1) is 0 Å². The molecule has 0 unspecified atom stereocenters. The summed E-state index contributed by atoms with van der Waals surface area (Å²) in [4.78, 5) is 29.5. The number of anilines is 3. The first kappa shape index (κ1) is 26.7. The van der Waals surface area contributed by atoms with Gasteiger partial charge in [-0.25, -0.2) is 0 Å². The predicted octanol–water partition coefficient (Wildman–Crippen LogP) is 6.45. The van der Waals surface area contributed by atoms with E-state index < -0.39 is 0 Å². The van der Waals surface area contributed by atoms with Crippen LogP contribution in [0.5, 0.6) is 5.75 Å². The molecule has 190 valence electrons. The van der Waals surface area contributed by atoms with Gasteiger partial charge in [-0.1, -0.05) is 59.3 Å². The Labute approximate surface area is 231 Å². The van der Waals surface area contributed by atoms with Gasteiger partial charge in [-0.05, 0) is 73.5 Å². The smallest absolute Gasteiger partial charge is 0.270 e. The number of hydrogen-bond donors (Lipinski definition) is 1. The highest BCUT2D eigenvalue weighted by Crippen LogP contribution is 2.37. The van der Waals surface area contributed by atoms with Crippen LogP contribution in [-0.4, -0.2) is 36.8 Å². The van der Waals surface area contributed by atoms with E-state index in [0.717, 1.165) is 33.8 Å². The fourth-order valence-electron chi connectivity index (χ4n) is 3.75. The van der Waals surface area contributed by atoms with Crippen LogP contribution in [0.3, 0.4) is 0 Å². The zero-order valence-corrected chi connectivity index (χ0v) is 23.3. The molecule has 4 rings (SSSR count). The summed E-state index contributed by atoms with van der Waals surface area (Å²) in [6, 6.07) is 18.6. The van der Waals surface area contributed by atoms with E-state index in [9.17, 15) is 9.59 Å². The number of nitrogens with zero attached hydrogens (tertiary/aromatic N) is 2. The molecule has 3 aromatic rings. The molecular formula is C28H26ClN3O3S2. The normalized spacial score (nSPS) is 14.3. The molecule has 9 heteroatoms. The minimum atomic E-state index is -0.283. The van der Waals surface area contributed by atoms with E-state index in [2.05, 4.69) is 5.32 Å². The Morgan fingerprint density at radius 3 is 2.49 bits per heavy atom. The second-order valence-corrected chi connectivity index (χ2v) is 10.9. The van der Waals surface area contributed by atoms with Gasteiger partial charge in [0.25, 0.3) is 11.8 Å². The minimum absolute atomic E-state index is 0.183. The van der Waals surface area contributed by atoms with Gasteiger partial charge in [0.15, 0.2) is 10.9 Å². The Hall–Kier alpha value is -3.33. The summed E-state index contributed by atoms with van der Waals surface area (Å²) in [5, 5.41) is 3.18. The van der Waals surface area contributed by atoms with Crippen LogP contribution in [0.15, 0.2) is 65.6 Å². The molecule has 0 aliphatic carbocycles. The van der Waals surface area contributed by atoms with Crippen LogP contribution in [-0.2, 0) is 9.59 Å². The molecule has 3 aromatic carbocycles. The van der Waals surface area contributed by atoms with Gasteiger partial charge in [0.05, 0.1) is 15.6 Å². The summed E-state index contributed by atoms with van der Waals surface area (Å²) in [6.45, 7) is 3.75. The Morgan fingerprint density at radius 1 is 1.11 bits per heavy atom. The summed E-state index contributed by atoms with van der Waals surface area (Å²) in [7, 11) is 3.92. The number of nitrogens with one attached hydrogen (secondary N) is 1. The van der Waals surface area contributed by atoms with Gasteiger partial charge in [-0.3, -0.25) is 14.5 Å². The number of thiocarbonyl (C=S) groups is 1. The number of hydrogen-bond acceptors (Lipinski definition) is 6. The van der Waals surface area contributed by atoms with Crippen LogP contribution in [0.4, 0.5) is 17.1 Å². The molecule has 1 fully saturated rings. The van der Waals surface area contributed by atoms with Crippen molar-refractivity contribution in [1.29, 1.82) is 0 Å². The standard InChI is InChI=1S/C28H26ClN3O3S2/c1-17-5-11-23(18(2)13-17)30-26(33)16-35-24-12-6-19(14-22(24)29)15-25-27(34)32(28(36)37-25)21-9-7-20(8-10-21)31(3)4/h5-15H,16H2,1-4H3,(H,30,33)/b25-15-. The summed E-state index contributed by atoms with van der Waals surface area (Å²) >= 11 is 13.1. The predicted molar refractivity (Wildman–Crippen MR) is 158 cm³/mol. The summed E-state index contributed by atoms with van der Waals surface area (Å²) in [6.07, 6.45) is 1.75. The highest BCUT2D eigenvalue weighted by molar-refractivity contribution is 8.27. The van der Waals surface area contributed by atoms with E-state index in [1.54, 1.807) is 24.3 Å². The summed E-state index contributed by atoms with van der Waals surface area (Å²) in [5.41, 5.74) is 5.32. The third-order valence-electron chi connectivity index (χ3n) is 5.69. The van der Waals surface area contributed by atoms with E-state index >= 15 is 0 Å². The molecule has 0 aromatic heterocycles. The fraction of sp³-hybridized carbons (Fsp3) is 0.179. The zero-order chi connectivity index (χ0) is 26.7. The molecule has 6 nitrogen and oxygen atoms in total. The molecule has 37 heavy (non-hydrogen) atoms. The maximum atomic E-state index is 13.1. The zero-order valence-electron chi connectivity index (χ0n) is 20.9. The first-order chi connectivity index (χ1) is 17.6. The molecule has 1 aliphatic heterocycles. The topological polar surface area (TPSA) is 61.9 Å². The summed E-state index contributed by atoms with van der Waals surface area (Å²) in [5.74, 6) is -0.0929. The number of carbonyl (C=O) groups is 2. The molecular weight excluding hydrogens is 526 g/mol. The van der Waals surface area contributed by atoms with E-state index in [4.69, 9.17) is 28.6 Å². The fourth-order valence-corrected chi connectivity index (χ4v) is 5.29. The Kier molecular flexibility index (Phi) is 8.22. The Bertz CT molecular complexity index is 1400. The van der Waals surface area contributed by atoms with E-state index in [0.29, 0.717) is 20.0 Å². The van der Waals surface area contributed by atoms with E-state index in [-0.39, 0.29) is 18.4 Å². The highest BCUT2D eigenvalue weighted by Gasteiger charge is 2.33. The van der Waals surface area contributed by atoms with Crippen molar-refractivity contribution in [3.63, 3.8) is 0 Å². The van der Waals surface area contributed by atoms with Crippen LogP contribution in [0, 0.1) is 13.8 Å². The molecule has 2 amide bonds. The number of benzene rings is 3. The molecule has 0 radical (unpaired) electrons. The van der Waals surface area contributed by atoms with Crippen LogP contribution < -0.4 is 19.9 Å². The Morgan fingerprint density at radius 2 is 1.84 bits per heavy atom. The number of ether oxygens (including phenoxy) is 1. The van der Waals surface area contributed by atoms with Crippen molar-refractivity contribution in [2.75, 3.05) is 35.8 Å². The maximum Gasteiger partial charge on any atom is 0.270 e. The van der Waals surface area contributed by atoms with Crippen molar-refractivity contribution in [2.24, 2.45) is 0 Å². The lowest BCUT2D eigenvalue weighted by molar-refractivity contribution is -0.118. The van der Waals surface area contributed by atoms with Crippen molar-refractivity contribution < 1.29 is 14.3 Å². The average Bonchev–Trinajstić information content (AvgIpc) is 3.12. The van der Waals surface area contributed by atoms with Crippen molar-refractivity contribution in [2.45, 2.75) is 13.8 Å². The van der Waals surface area contributed by atoms with Crippen LogP contribution >= 0.6 is 35.6 Å². The number of rotatable bonds is 7. The number of amides is 2. The summed E-state index contributed by atoms with van der Waals surface area (Å²) < 4.78 is 6.10. The SMILES string of the molecule is Cc1ccc(NC(=O)COc2ccc(/C=C3\SC(=S)N(c4ccc(N(C)C)cc4)C3=O)cc2Cl)c(C)c1. The molecule has 1 heterocycles. The third kappa shape index (κ3) is 6.33. The van der Waals surface area contributed by atoms with Gasteiger partial charge in [0, 0.05) is 25.5 Å². The lowest BCUT2D eigenvalue weighted by atomic mass is 10.1. The van der Waals surface area contributed by atoms with Gasteiger partial charge < -0.3 is 15.0 Å². The van der Waals surface area contributed by atoms with Crippen molar-refractivity contribution in [3.05, 3.63) is 87.3 Å². The molecule has 1 saturated heterocycles. The van der Waals surface area contributed by atoms with E-state index in [1.165, 1.54) is 16.7 Å². The van der Waals surface area contributed by atoms with Crippen molar-refractivity contribution in [1.82, 2.24) is 0 Å². The molecule has 0 bridgehead atoms. The number of carbonyl (C=O) groups excluding carboxylic acids is 2. The molecule has 0 saturated carbocycles. The first-order valence-corrected chi connectivity index (χ1v) is 13.1. The van der Waals surface area contributed by atoms with Gasteiger partial charge in [-0.2, -0.15) is 0 Å². The molecule has 1 N–H and O–H groups in total. The Balaban J connectivity index is 1.41. The molecule has 0 atom stereocenters. The highest BCUT2D eigenvalue weighted by atomic mass is 35.5. The molecule has 1 aliphatic rings. The van der Waals surface area contributed by atoms with Crippen LogP contribution in [0.2, 0.25) is 5.02 Å². The largest absolute Gasteiger partial charge is 0.482 e. The number of halogens is 1. The number of thioether (sulfide) groups is 1. The lowest BCUT2D eigenvalue weighted by Crippen LogP contribution is -2.27. The monoisotopic (exact) mass is 551 g/mol. The minimum Gasteiger partial charge on any atom is -0.482 e. The van der Waals surface area contributed by atoms with Gasteiger partial charge >= 0.3 is 0 Å². The maximum absolute atomic E-state index is 13.1.